The molecular formula is C24H22N6O4S. The van der Waals surface area contributed by atoms with Crippen molar-refractivity contribution in [3.8, 4) is 5.69 Å². The maximum absolute atomic E-state index is 13.5. The third-order valence-electron chi connectivity index (χ3n) is 5.67. The molecule has 10 nitrogen and oxygen atoms in total. The number of benzene rings is 2. The van der Waals surface area contributed by atoms with E-state index in [4.69, 9.17) is 4.74 Å². The molecule has 2 aromatic carbocycles. The molecule has 0 fully saturated rings. The van der Waals surface area contributed by atoms with Gasteiger partial charge in [0.15, 0.2) is 5.16 Å². The molecule has 5 rings (SSSR count). The van der Waals surface area contributed by atoms with E-state index in [1.165, 1.54) is 11.8 Å². The monoisotopic (exact) mass is 490 g/mol. The Hall–Kier alpha value is -4.12. The highest BCUT2D eigenvalue weighted by Gasteiger charge is 2.25. The number of carbonyl (C=O) groups excluding carboxylic acids is 2. The van der Waals surface area contributed by atoms with Crippen molar-refractivity contribution in [3.05, 3.63) is 75.7 Å². The molecule has 0 radical (unpaired) electrons. The van der Waals surface area contributed by atoms with E-state index in [1.54, 1.807) is 17.6 Å². The number of rotatable bonds is 6. The van der Waals surface area contributed by atoms with Gasteiger partial charge in [-0.2, -0.15) is 0 Å². The molecular weight excluding hydrogens is 468 g/mol. The largest absolute Gasteiger partial charge is 0.463 e. The fraction of sp³-hybridized carbons (Fsp3) is 0.208. The molecule has 0 saturated heterocycles. The van der Waals surface area contributed by atoms with E-state index in [-0.39, 0.29) is 24.5 Å². The second kappa shape index (κ2) is 9.26. The summed E-state index contributed by atoms with van der Waals surface area (Å²) in [6, 6.07) is 14.5. The number of aromatic nitrogens is 4. The zero-order valence-corrected chi connectivity index (χ0v) is 19.9. The molecule has 0 aliphatic carbocycles. The van der Waals surface area contributed by atoms with Gasteiger partial charge in [-0.25, -0.2) is 14.2 Å². The molecule has 0 spiro atoms. The third-order valence-corrected chi connectivity index (χ3v) is 6.63. The summed E-state index contributed by atoms with van der Waals surface area (Å²) in [6.07, 6.45) is 0. The minimum Gasteiger partial charge on any atom is -0.463 e. The number of thioether (sulfide) groups is 1. The summed E-state index contributed by atoms with van der Waals surface area (Å²) in [5.41, 5.74) is 2.92. The van der Waals surface area contributed by atoms with Gasteiger partial charge in [0.1, 0.15) is 0 Å². The van der Waals surface area contributed by atoms with Crippen LogP contribution >= 0.6 is 11.8 Å². The van der Waals surface area contributed by atoms with Crippen LogP contribution in [0.15, 0.2) is 69.8 Å². The number of amides is 2. The number of ether oxygens (including phenoxy) is 1. The van der Waals surface area contributed by atoms with Crippen LogP contribution in [0.5, 0.6) is 0 Å². The Balaban J connectivity index is 1.64. The van der Waals surface area contributed by atoms with E-state index < -0.39 is 12.0 Å². The van der Waals surface area contributed by atoms with Crippen molar-refractivity contribution >= 4 is 40.4 Å². The van der Waals surface area contributed by atoms with Crippen LogP contribution in [0.1, 0.15) is 12.5 Å². The Kier molecular flexibility index (Phi) is 6.00. The Bertz CT molecular complexity index is 1570. The first-order valence-electron chi connectivity index (χ1n) is 11.0. The van der Waals surface area contributed by atoms with Crippen LogP contribution in [-0.2, 0) is 9.53 Å². The average molecular weight is 491 g/mol. The predicted octanol–water partition coefficient (Wildman–Crippen LogP) is 2.56. The van der Waals surface area contributed by atoms with Crippen molar-refractivity contribution < 1.29 is 14.3 Å². The first kappa shape index (κ1) is 22.7. The van der Waals surface area contributed by atoms with E-state index in [2.05, 4.69) is 20.8 Å². The second-order valence-electron chi connectivity index (χ2n) is 7.84. The number of para-hydroxylation sites is 2. The quantitative estimate of drug-likeness (QED) is 0.315. The lowest BCUT2D eigenvalue weighted by molar-refractivity contribution is -0.138. The van der Waals surface area contributed by atoms with Crippen molar-refractivity contribution in [2.24, 2.45) is 0 Å². The van der Waals surface area contributed by atoms with Gasteiger partial charge in [-0.15, -0.1) is 10.2 Å². The summed E-state index contributed by atoms with van der Waals surface area (Å²) >= 11 is 1.30. The molecule has 0 saturated carbocycles. The number of nitrogens with zero attached hydrogens (tertiary/aromatic N) is 4. The Labute approximate surface area is 204 Å². The van der Waals surface area contributed by atoms with E-state index in [9.17, 15) is 14.4 Å². The number of nitrogens with one attached hydrogen (secondary N) is 2. The average Bonchev–Trinajstić information content (AvgIpc) is 3.28. The number of hydrogen-bond acceptors (Lipinski definition) is 7. The van der Waals surface area contributed by atoms with Crippen LogP contribution in [0.2, 0.25) is 0 Å². The van der Waals surface area contributed by atoms with Gasteiger partial charge in [-0.05, 0) is 37.6 Å². The highest BCUT2D eigenvalue weighted by atomic mass is 32.2. The molecule has 4 aromatic rings. The van der Waals surface area contributed by atoms with Gasteiger partial charge >= 0.3 is 12.0 Å². The molecule has 2 N–H and O–H groups in total. The highest BCUT2D eigenvalue weighted by Crippen LogP contribution is 2.26. The third kappa shape index (κ3) is 4.03. The topological polar surface area (TPSA) is 120 Å². The van der Waals surface area contributed by atoms with Crippen molar-refractivity contribution in [2.75, 3.05) is 18.9 Å². The molecule has 11 heteroatoms. The van der Waals surface area contributed by atoms with Gasteiger partial charge < -0.3 is 15.4 Å². The van der Waals surface area contributed by atoms with Crippen LogP contribution in [0, 0.1) is 6.92 Å². The molecule has 2 aromatic heterocycles. The maximum atomic E-state index is 13.5. The van der Waals surface area contributed by atoms with Crippen LogP contribution in [-0.4, -0.2) is 50.1 Å². The van der Waals surface area contributed by atoms with E-state index in [0.29, 0.717) is 33.1 Å². The molecule has 1 aliphatic rings. The van der Waals surface area contributed by atoms with E-state index in [0.717, 1.165) is 11.3 Å². The van der Waals surface area contributed by atoms with Gasteiger partial charge in [-0.1, -0.05) is 42.1 Å². The Morgan fingerprint density at radius 3 is 2.69 bits per heavy atom. The fourth-order valence-corrected chi connectivity index (χ4v) is 4.94. The lowest BCUT2D eigenvalue weighted by Crippen LogP contribution is -2.44. The number of esters is 1. The smallest absolute Gasteiger partial charge is 0.337 e. The molecule has 2 amide bonds. The zero-order valence-electron chi connectivity index (χ0n) is 19.1. The maximum Gasteiger partial charge on any atom is 0.337 e. The van der Waals surface area contributed by atoms with Crippen molar-refractivity contribution in [3.63, 3.8) is 0 Å². The molecule has 35 heavy (non-hydrogen) atoms. The molecule has 178 valence electrons. The summed E-state index contributed by atoms with van der Waals surface area (Å²) in [7, 11) is 0. The molecule has 1 aliphatic heterocycles. The number of hydrogen-bond donors (Lipinski definition) is 2. The Morgan fingerprint density at radius 2 is 1.89 bits per heavy atom. The van der Waals surface area contributed by atoms with Gasteiger partial charge in [-0.3, -0.25) is 9.20 Å². The Morgan fingerprint density at radius 1 is 1.11 bits per heavy atom. The second-order valence-corrected chi connectivity index (χ2v) is 8.78. The van der Waals surface area contributed by atoms with Gasteiger partial charge in [0.2, 0.25) is 5.78 Å². The summed E-state index contributed by atoms with van der Waals surface area (Å²) in [5.74, 6) is 0.139. The fourth-order valence-electron chi connectivity index (χ4n) is 4.01. The first-order chi connectivity index (χ1) is 17.0. The van der Waals surface area contributed by atoms with Gasteiger partial charge in [0, 0.05) is 11.4 Å². The number of urea groups is 1. The van der Waals surface area contributed by atoms with Crippen LogP contribution in [0.3, 0.4) is 0 Å². The van der Waals surface area contributed by atoms with Crippen molar-refractivity contribution in [2.45, 2.75) is 19.0 Å². The number of carbonyl (C=O) groups is 2. The lowest BCUT2D eigenvalue weighted by Gasteiger charge is -2.21. The number of fused-ring (bicyclic) bond motifs is 3. The summed E-state index contributed by atoms with van der Waals surface area (Å²) in [5, 5.41) is 15.1. The van der Waals surface area contributed by atoms with Gasteiger partial charge in [0.25, 0.3) is 5.56 Å². The summed E-state index contributed by atoms with van der Waals surface area (Å²) in [6.45, 7) is 3.97. The number of aryl methyl sites for hydroxylation is 1. The van der Waals surface area contributed by atoms with Crippen molar-refractivity contribution in [1.82, 2.24) is 29.8 Å². The SMILES string of the molecule is CCOC(=O)C1=C(CSc2nnc3n(-c4ccccc4C)c(=O)c4ccccc4n23)NC(=O)NC1. The molecule has 0 unspecified atom stereocenters. The molecule has 3 heterocycles. The van der Waals surface area contributed by atoms with Crippen LogP contribution < -0.4 is 16.2 Å². The lowest BCUT2D eigenvalue weighted by atomic mass is 10.2. The van der Waals surface area contributed by atoms with Gasteiger partial charge in [0.05, 0.1) is 35.3 Å². The highest BCUT2D eigenvalue weighted by molar-refractivity contribution is 7.99. The molecule has 0 bridgehead atoms. The summed E-state index contributed by atoms with van der Waals surface area (Å²) in [4.78, 5) is 37.8. The van der Waals surface area contributed by atoms with Crippen LogP contribution in [0.4, 0.5) is 4.79 Å². The minimum absolute atomic E-state index is 0.0803. The summed E-state index contributed by atoms with van der Waals surface area (Å²) < 4.78 is 8.51. The van der Waals surface area contributed by atoms with Crippen molar-refractivity contribution in [1.29, 1.82) is 0 Å². The minimum atomic E-state index is -0.486. The zero-order chi connectivity index (χ0) is 24.5. The molecule has 0 atom stereocenters. The normalized spacial score (nSPS) is 13.7. The predicted molar refractivity (Wildman–Crippen MR) is 132 cm³/mol. The van der Waals surface area contributed by atoms with E-state index >= 15 is 0 Å². The van der Waals surface area contributed by atoms with E-state index in [1.807, 2.05) is 53.8 Å². The van der Waals surface area contributed by atoms with Crippen LogP contribution in [0.25, 0.3) is 22.4 Å². The standard InChI is InChI=1S/C24H22N6O4S/c1-3-34-21(32)16-12-25-22(33)26-17(16)13-35-24-28-27-23-29(18-10-6-4-8-14(18)2)20(31)15-9-5-7-11-19(15)30(23)24/h4-11H,3,12-13H2,1-2H3,(H2,25,26,33). The first-order valence-corrected chi connectivity index (χ1v) is 12.0.